The molecule has 2 nitrogen and oxygen atoms in total. The molecule has 0 unspecified atom stereocenters. The molecular formula is C42H29BO2S. The fourth-order valence-corrected chi connectivity index (χ4v) is 7.52. The molecule has 1 heterocycles. The first-order valence-corrected chi connectivity index (χ1v) is 16.2. The van der Waals surface area contributed by atoms with Crippen molar-refractivity contribution in [2.24, 2.45) is 0 Å². The highest BCUT2D eigenvalue weighted by molar-refractivity contribution is 7.26. The average Bonchev–Trinajstić information content (AvgIpc) is 3.50. The van der Waals surface area contributed by atoms with Gasteiger partial charge in [0, 0.05) is 25.7 Å². The van der Waals surface area contributed by atoms with Crippen molar-refractivity contribution in [1.29, 1.82) is 0 Å². The molecule has 0 spiro atoms. The van der Waals surface area contributed by atoms with E-state index in [0.29, 0.717) is 5.46 Å². The minimum atomic E-state index is -1.53. The molecule has 0 aliphatic heterocycles. The molecule has 8 aromatic rings. The summed E-state index contributed by atoms with van der Waals surface area (Å²) in [5.41, 5.74) is 11.9. The maximum Gasteiger partial charge on any atom is 0.488 e. The molecule has 1 aromatic heterocycles. The van der Waals surface area contributed by atoms with Gasteiger partial charge < -0.3 is 10.0 Å². The molecule has 0 radical (unpaired) electrons. The molecule has 7 aromatic carbocycles. The van der Waals surface area contributed by atoms with Crippen LogP contribution in [0.4, 0.5) is 0 Å². The van der Waals surface area contributed by atoms with Crippen LogP contribution in [0.1, 0.15) is 0 Å². The number of hydrogen-bond donors (Lipinski definition) is 2. The Labute approximate surface area is 272 Å². The maximum absolute atomic E-state index is 9.98. The molecule has 0 bridgehead atoms. The van der Waals surface area contributed by atoms with E-state index in [2.05, 4.69) is 133 Å². The molecule has 0 aliphatic carbocycles. The summed E-state index contributed by atoms with van der Waals surface area (Å²) < 4.78 is 2.39. The number of thiophene rings is 1. The Kier molecular flexibility index (Phi) is 7.32. The van der Waals surface area contributed by atoms with Gasteiger partial charge in [0.2, 0.25) is 0 Å². The van der Waals surface area contributed by atoms with Crippen LogP contribution in [0.3, 0.4) is 0 Å². The Balaban J connectivity index is 1.33. The molecule has 0 aliphatic rings. The third kappa shape index (κ3) is 5.33. The summed E-state index contributed by atoms with van der Waals surface area (Å²) in [6, 6.07) is 57.3. The Bertz CT molecular complexity index is 2340. The first-order chi connectivity index (χ1) is 22.6. The zero-order valence-electron chi connectivity index (χ0n) is 25.0. The number of fused-ring (bicyclic) bond motifs is 3. The van der Waals surface area contributed by atoms with E-state index in [-0.39, 0.29) is 0 Å². The molecule has 0 atom stereocenters. The molecular weight excluding hydrogens is 579 g/mol. The first-order valence-electron chi connectivity index (χ1n) is 15.4. The van der Waals surface area contributed by atoms with E-state index < -0.39 is 7.12 Å². The SMILES string of the molecule is OB(O)c1cccc(-c2cc(-c3cccc(-c4ccccc4)c3)cc3c2sc2ccc(-c4cccc(-c5ccccc5)c4)cc23)c1. The van der Waals surface area contributed by atoms with E-state index in [0.717, 1.165) is 22.3 Å². The minimum absolute atomic E-state index is 0.476. The van der Waals surface area contributed by atoms with Crippen LogP contribution in [0.5, 0.6) is 0 Å². The Morgan fingerprint density at radius 3 is 1.50 bits per heavy atom. The Hall–Kier alpha value is -5.26. The van der Waals surface area contributed by atoms with Crippen LogP contribution >= 0.6 is 11.3 Å². The number of hydrogen-bond acceptors (Lipinski definition) is 3. The lowest BCUT2D eigenvalue weighted by molar-refractivity contribution is 0.426. The lowest BCUT2D eigenvalue weighted by atomic mass is 9.79. The number of benzene rings is 7. The van der Waals surface area contributed by atoms with E-state index in [4.69, 9.17) is 0 Å². The molecule has 4 heteroatoms. The van der Waals surface area contributed by atoms with Crippen molar-refractivity contribution >= 4 is 44.1 Å². The van der Waals surface area contributed by atoms with Gasteiger partial charge in [-0.25, -0.2) is 0 Å². The predicted octanol–water partition coefficient (Wildman–Crippen LogP) is 10.1. The fraction of sp³-hybridized carbons (Fsp3) is 0. The summed E-state index contributed by atoms with van der Waals surface area (Å²) in [4.78, 5) is 0. The van der Waals surface area contributed by atoms with Crippen molar-refractivity contribution in [1.82, 2.24) is 0 Å². The van der Waals surface area contributed by atoms with Crippen LogP contribution in [-0.4, -0.2) is 17.2 Å². The molecule has 46 heavy (non-hydrogen) atoms. The molecule has 218 valence electrons. The van der Waals surface area contributed by atoms with Crippen molar-refractivity contribution in [2.45, 2.75) is 0 Å². The van der Waals surface area contributed by atoms with Crippen LogP contribution in [0.2, 0.25) is 0 Å². The third-order valence-electron chi connectivity index (χ3n) is 8.67. The van der Waals surface area contributed by atoms with Crippen molar-refractivity contribution in [3.8, 4) is 55.6 Å². The molecule has 0 saturated carbocycles. The van der Waals surface area contributed by atoms with Gasteiger partial charge in [-0.15, -0.1) is 11.3 Å². The lowest BCUT2D eigenvalue weighted by Crippen LogP contribution is -2.29. The van der Waals surface area contributed by atoms with Gasteiger partial charge >= 0.3 is 7.12 Å². The van der Waals surface area contributed by atoms with Crippen molar-refractivity contribution in [3.63, 3.8) is 0 Å². The van der Waals surface area contributed by atoms with Crippen LogP contribution < -0.4 is 5.46 Å². The topological polar surface area (TPSA) is 40.5 Å². The van der Waals surface area contributed by atoms with E-state index in [1.165, 1.54) is 53.6 Å². The van der Waals surface area contributed by atoms with Gasteiger partial charge in [0.25, 0.3) is 0 Å². The summed E-state index contributed by atoms with van der Waals surface area (Å²) in [5.74, 6) is 0. The summed E-state index contributed by atoms with van der Waals surface area (Å²) >= 11 is 1.78. The predicted molar refractivity (Wildman–Crippen MR) is 196 cm³/mol. The van der Waals surface area contributed by atoms with E-state index in [9.17, 15) is 10.0 Å². The average molecular weight is 609 g/mol. The van der Waals surface area contributed by atoms with E-state index >= 15 is 0 Å². The molecule has 0 fully saturated rings. The van der Waals surface area contributed by atoms with Gasteiger partial charge in [0.1, 0.15) is 0 Å². The quantitative estimate of drug-likeness (QED) is 0.185. The summed E-state index contributed by atoms with van der Waals surface area (Å²) in [7, 11) is -1.53. The van der Waals surface area contributed by atoms with Crippen molar-refractivity contribution < 1.29 is 10.0 Å². The van der Waals surface area contributed by atoms with Crippen LogP contribution in [0.25, 0.3) is 75.8 Å². The molecule has 0 saturated heterocycles. The van der Waals surface area contributed by atoms with Gasteiger partial charge in [-0.3, -0.25) is 0 Å². The smallest absolute Gasteiger partial charge is 0.423 e. The van der Waals surface area contributed by atoms with E-state index in [1.807, 2.05) is 24.3 Å². The second-order valence-corrected chi connectivity index (χ2v) is 12.7. The highest BCUT2D eigenvalue weighted by Gasteiger charge is 2.17. The third-order valence-corrected chi connectivity index (χ3v) is 9.89. The highest BCUT2D eigenvalue weighted by atomic mass is 32.1. The Morgan fingerprint density at radius 1 is 0.370 bits per heavy atom. The highest BCUT2D eigenvalue weighted by Crippen LogP contribution is 2.44. The number of rotatable bonds is 6. The maximum atomic E-state index is 9.98. The largest absolute Gasteiger partial charge is 0.488 e. The second-order valence-electron chi connectivity index (χ2n) is 11.6. The second kappa shape index (κ2) is 11.9. The monoisotopic (exact) mass is 608 g/mol. The molecule has 8 rings (SSSR count). The fourth-order valence-electron chi connectivity index (χ4n) is 6.32. The van der Waals surface area contributed by atoms with Crippen LogP contribution in [0.15, 0.2) is 164 Å². The van der Waals surface area contributed by atoms with Gasteiger partial charge in [-0.2, -0.15) is 0 Å². The van der Waals surface area contributed by atoms with Crippen molar-refractivity contribution in [2.75, 3.05) is 0 Å². The van der Waals surface area contributed by atoms with Crippen LogP contribution in [-0.2, 0) is 0 Å². The normalized spacial score (nSPS) is 11.3. The molecule has 0 amide bonds. The van der Waals surface area contributed by atoms with Gasteiger partial charge in [0.15, 0.2) is 0 Å². The molecule has 2 N–H and O–H groups in total. The lowest BCUT2D eigenvalue weighted by Gasteiger charge is -2.12. The first kappa shape index (κ1) is 28.2. The van der Waals surface area contributed by atoms with E-state index in [1.54, 1.807) is 17.4 Å². The summed E-state index contributed by atoms with van der Waals surface area (Å²) in [5, 5.41) is 22.4. The summed E-state index contributed by atoms with van der Waals surface area (Å²) in [6.07, 6.45) is 0. The zero-order chi connectivity index (χ0) is 31.0. The van der Waals surface area contributed by atoms with Gasteiger partial charge in [-0.1, -0.05) is 127 Å². The standard InChI is InChI=1S/C42H29BO2S/c44-43(45)37-19-9-18-35(24-37)38-26-36(33-17-8-15-31(23-33)29-12-5-2-6-13-29)27-40-39-25-34(20-21-41(39)46-42(38)40)32-16-7-14-30(22-32)28-10-3-1-4-11-28/h1-27,44-45H. The minimum Gasteiger partial charge on any atom is -0.423 e. The van der Waals surface area contributed by atoms with Crippen LogP contribution in [0, 0.1) is 0 Å². The van der Waals surface area contributed by atoms with Gasteiger partial charge in [-0.05, 0) is 91.9 Å². The Morgan fingerprint density at radius 2 is 0.870 bits per heavy atom. The summed E-state index contributed by atoms with van der Waals surface area (Å²) in [6.45, 7) is 0. The van der Waals surface area contributed by atoms with Gasteiger partial charge in [0.05, 0.1) is 0 Å². The van der Waals surface area contributed by atoms with Crippen molar-refractivity contribution in [3.05, 3.63) is 164 Å². The zero-order valence-corrected chi connectivity index (χ0v) is 25.8.